The smallest absolute Gasteiger partial charge is 0.306 e. The van der Waals surface area contributed by atoms with E-state index in [1.165, 1.54) is 6.07 Å². The molecule has 25 heavy (non-hydrogen) atoms. The molecule has 0 aliphatic carbocycles. The van der Waals surface area contributed by atoms with Gasteiger partial charge in [-0.3, -0.25) is 19.6 Å². The SMILES string of the molecule is O=C(Nc1ccc(F)c([N+](=O)[O-])c1)c1ccc(Cn2cccn2)cc1. The number of benzene rings is 2. The van der Waals surface area contributed by atoms with Gasteiger partial charge >= 0.3 is 5.69 Å². The van der Waals surface area contributed by atoms with E-state index in [4.69, 9.17) is 0 Å². The van der Waals surface area contributed by atoms with Gasteiger partial charge in [-0.25, -0.2) is 0 Å². The first-order chi connectivity index (χ1) is 12.0. The molecular formula is C17H13FN4O3. The Morgan fingerprint density at radius 2 is 2.00 bits per heavy atom. The number of nitro groups is 1. The minimum Gasteiger partial charge on any atom is -0.322 e. The van der Waals surface area contributed by atoms with Crippen molar-refractivity contribution in [1.29, 1.82) is 0 Å². The van der Waals surface area contributed by atoms with Gasteiger partial charge in [0.2, 0.25) is 5.82 Å². The van der Waals surface area contributed by atoms with Gasteiger partial charge in [-0.2, -0.15) is 9.49 Å². The molecule has 0 aliphatic rings. The van der Waals surface area contributed by atoms with Crippen molar-refractivity contribution in [2.45, 2.75) is 6.54 Å². The minimum absolute atomic E-state index is 0.152. The van der Waals surface area contributed by atoms with Crippen LogP contribution >= 0.6 is 0 Å². The van der Waals surface area contributed by atoms with E-state index >= 15 is 0 Å². The highest BCUT2D eigenvalue weighted by Crippen LogP contribution is 2.22. The summed E-state index contributed by atoms with van der Waals surface area (Å²) in [6, 6.07) is 11.9. The number of aromatic nitrogens is 2. The number of halogens is 1. The zero-order valence-corrected chi connectivity index (χ0v) is 12.9. The molecule has 8 heteroatoms. The Hall–Kier alpha value is -3.55. The van der Waals surface area contributed by atoms with Crippen molar-refractivity contribution in [2.75, 3.05) is 5.32 Å². The normalized spacial score (nSPS) is 10.4. The van der Waals surface area contributed by atoms with Crippen LogP contribution in [0.25, 0.3) is 0 Å². The monoisotopic (exact) mass is 340 g/mol. The molecule has 7 nitrogen and oxygen atoms in total. The summed E-state index contributed by atoms with van der Waals surface area (Å²) in [4.78, 5) is 22.1. The molecule has 0 saturated carbocycles. The van der Waals surface area contributed by atoms with Crippen molar-refractivity contribution in [3.05, 3.63) is 88.0 Å². The molecule has 0 aliphatic heterocycles. The molecule has 0 atom stereocenters. The molecule has 0 saturated heterocycles. The summed E-state index contributed by atoms with van der Waals surface area (Å²) in [5.41, 5.74) is 0.819. The van der Waals surface area contributed by atoms with Gasteiger partial charge in [0.05, 0.1) is 11.5 Å². The quantitative estimate of drug-likeness (QED) is 0.570. The lowest BCUT2D eigenvalue weighted by atomic mass is 10.1. The summed E-state index contributed by atoms with van der Waals surface area (Å²) in [6.45, 7) is 0.582. The van der Waals surface area contributed by atoms with Crippen LogP contribution in [0.5, 0.6) is 0 Å². The number of carbonyl (C=O) groups is 1. The van der Waals surface area contributed by atoms with Gasteiger partial charge in [0.25, 0.3) is 5.91 Å². The molecule has 1 heterocycles. The molecule has 1 aromatic heterocycles. The average Bonchev–Trinajstić information content (AvgIpc) is 3.10. The van der Waals surface area contributed by atoms with E-state index in [9.17, 15) is 19.3 Å². The van der Waals surface area contributed by atoms with Crippen LogP contribution < -0.4 is 5.32 Å². The molecule has 2 aromatic carbocycles. The lowest BCUT2D eigenvalue weighted by molar-refractivity contribution is -0.387. The van der Waals surface area contributed by atoms with Crippen LogP contribution in [0.1, 0.15) is 15.9 Å². The largest absolute Gasteiger partial charge is 0.322 e. The van der Waals surface area contributed by atoms with Gasteiger partial charge in [-0.1, -0.05) is 12.1 Å². The molecule has 0 radical (unpaired) electrons. The van der Waals surface area contributed by atoms with E-state index in [0.717, 1.165) is 17.7 Å². The van der Waals surface area contributed by atoms with Crippen LogP contribution in [-0.2, 0) is 6.54 Å². The van der Waals surface area contributed by atoms with Crippen LogP contribution in [0.2, 0.25) is 0 Å². The fourth-order valence-corrected chi connectivity index (χ4v) is 2.28. The fourth-order valence-electron chi connectivity index (χ4n) is 2.28. The van der Waals surface area contributed by atoms with E-state index in [-0.39, 0.29) is 5.69 Å². The number of anilines is 1. The molecule has 1 N–H and O–H groups in total. The first-order valence-corrected chi connectivity index (χ1v) is 7.34. The average molecular weight is 340 g/mol. The molecule has 0 spiro atoms. The third-order valence-electron chi connectivity index (χ3n) is 3.52. The van der Waals surface area contributed by atoms with Crippen LogP contribution in [0.15, 0.2) is 60.9 Å². The third-order valence-corrected chi connectivity index (χ3v) is 3.52. The predicted molar refractivity (Wildman–Crippen MR) is 88.8 cm³/mol. The number of hydrogen-bond acceptors (Lipinski definition) is 4. The zero-order chi connectivity index (χ0) is 17.8. The molecule has 126 valence electrons. The summed E-state index contributed by atoms with van der Waals surface area (Å²) in [5.74, 6) is -1.39. The molecule has 0 fully saturated rings. The summed E-state index contributed by atoms with van der Waals surface area (Å²) < 4.78 is 15.1. The fraction of sp³-hybridized carbons (Fsp3) is 0.0588. The van der Waals surface area contributed by atoms with Gasteiger partial charge in [-0.05, 0) is 35.9 Å². The number of rotatable bonds is 5. The predicted octanol–water partition coefficient (Wildman–Crippen LogP) is 3.23. The maximum atomic E-state index is 13.3. The Morgan fingerprint density at radius 1 is 1.24 bits per heavy atom. The maximum Gasteiger partial charge on any atom is 0.306 e. The van der Waals surface area contributed by atoms with Crippen molar-refractivity contribution >= 4 is 17.3 Å². The second-order valence-electron chi connectivity index (χ2n) is 5.28. The summed E-state index contributed by atoms with van der Waals surface area (Å²) in [7, 11) is 0. The molecule has 3 aromatic rings. The van der Waals surface area contributed by atoms with Crippen molar-refractivity contribution in [3.63, 3.8) is 0 Å². The van der Waals surface area contributed by atoms with Gasteiger partial charge in [0.1, 0.15) is 0 Å². The van der Waals surface area contributed by atoms with Crippen LogP contribution in [0.3, 0.4) is 0 Å². The van der Waals surface area contributed by atoms with Crippen molar-refractivity contribution in [1.82, 2.24) is 9.78 Å². The molecule has 1 amide bonds. The Kier molecular flexibility index (Phi) is 4.51. The number of nitro benzene ring substituents is 1. The maximum absolute atomic E-state index is 13.3. The van der Waals surface area contributed by atoms with E-state index in [0.29, 0.717) is 12.1 Å². The minimum atomic E-state index is -0.953. The molecule has 0 unspecified atom stereocenters. The van der Waals surface area contributed by atoms with E-state index < -0.39 is 22.3 Å². The van der Waals surface area contributed by atoms with Crippen molar-refractivity contribution in [2.24, 2.45) is 0 Å². The van der Waals surface area contributed by atoms with E-state index in [2.05, 4.69) is 10.4 Å². The van der Waals surface area contributed by atoms with Gasteiger partial charge in [0.15, 0.2) is 0 Å². The highest BCUT2D eigenvalue weighted by molar-refractivity contribution is 6.04. The highest BCUT2D eigenvalue weighted by atomic mass is 19.1. The van der Waals surface area contributed by atoms with Gasteiger partial charge < -0.3 is 5.32 Å². The molecular weight excluding hydrogens is 327 g/mol. The number of hydrogen-bond donors (Lipinski definition) is 1. The first kappa shape index (κ1) is 16.3. The van der Waals surface area contributed by atoms with Crippen molar-refractivity contribution < 1.29 is 14.1 Å². The Balaban J connectivity index is 1.71. The summed E-state index contributed by atoms with van der Waals surface area (Å²) in [6.07, 6.45) is 3.52. The number of amides is 1. The Bertz CT molecular complexity index is 908. The molecule has 3 rings (SSSR count). The van der Waals surface area contributed by atoms with Crippen molar-refractivity contribution in [3.8, 4) is 0 Å². The highest BCUT2D eigenvalue weighted by Gasteiger charge is 2.15. The number of nitrogens with zero attached hydrogens (tertiary/aromatic N) is 3. The lowest BCUT2D eigenvalue weighted by Crippen LogP contribution is -2.12. The summed E-state index contributed by atoms with van der Waals surface area (Å²) >= 11 is 0. The van der Waals surface area contributed by atoms with Crippen LogP contribution in [-0.4, -0.2) is 20.6 Å². The third kappa shape index (κ3) is 3.86. The first-order valence-electron chi connectivity index (χ1n) is 7.34. The number of carbonyl (C=O) groups excluding carboxylic acids is 1. The van der Waals surface area contributed by atoms with Crippen LogP contribution in [0.4, 0.5) is 15.8 Å². The van der Waals surface area contributed by atoms with Crippen LogP contribution in [0, 0.1) is 15.9 Å². The lowest BCUT2D eigenvalue weighted by Gasteiger charge is -2.07. The van der Waals surface area contributed by atoms with Gasteiger partial charge in [0, 0.05) is 29.7 Å². The standard InChI is InChI=1S/C17H13FN4O3/c18-15-7-6-14(10-16(15)22(24)25)20-17(23)13-4-2-12(3-5-13)11-21-9-1-8-19-21/h1-10H,11H2,(H,20,23). The zero-order valence-electron chi connectivity index (χ0n) is 12.9. The van der Waals surface area contributed by atoms with E-state index in [1.807, 2.05) is 12.3 Å². The second kappa shape index (κ2) is 6.91. The molecule has 0 bridgehead atoms. The Labute approximate surface area is 141 Å². The summed E-state index contributed by atoms with van der Waals surface area (Å²) in [5, 5.41) is 17.4. The Morgan fingerprint density at radius 3 is 2.64 bits per heavy atom. The van der Waals surface area contributed by atoms with E-state index in [1.54, 1.807) is 35.1 Å². The number of nitrogens with one attached hydrogen (secondary N) is 1. The topological polar surface area (TPSA) is 90.1 Å². The van der Waals surface area contributed by atoms with Gasteiger partial charge in [-0.15, -0.1) is 0 Å². The second-order valence-corrected chi connectivity index (χ2v) is 5.28.